The molecule has 2 aliphatic rings. The van der Waals surface area contributed by atoms with E-state index in [9.17, 15) is 39.6 Å². The second-order valence-electron chi connectivity index (χ2n) is 7.20. The second-order valence-corrected chi connectivity index (χ2v) is 7.20. The summed E-state index contributed by atoms with van der Waals surface area (Å²) in [5.74, 6) is -9.33. The number of carboxylic acid groups (broad SMARTS) is 4. The summed E-state index contributed by atoms with van der Waals surface area (Å²) in [6.07, 6.45) is 0.299. The predicted octanol–water partition coefficient (Wildman–Crippen LogP) is 1.39. The van der Waals surface area contributed by atoms with Crippen molar-refractivity contribution in [2.24, 2.45) is 34.5 Å². The first-order chi connectivity index (χ1) is 11.0. The smallest absolute Gasteiger partial charge is 0.311 e. The highest BCUT2D eigenvalue weighted by molar-refractivity contribution is 5.89. The van der Waals surface area contributed by atoms with Gasteiger partial charge in [-0.2, -0.15) is 0 Å². The minimum absolute atomic E-state index is 0.121. The van der Waals surface area contributed by atoms with Gasteiger partial charge in [-0.1, -0.05) is 20.3 Å². The van der Waals surface area contributed by atoms with Crippen molar-refractivity contribution in [2.75, 3.05) is 0 Å². The van der Waals surface area contributed by atoms with Crippen molar-refractivity contribution >= 4 is 23.9 Å². The Kier molecular flexibility index (Phi) is 4.37. The van der Waals surface area contributed by atoms with Crippen LogP contribution in [0.25, 0.3) is 0 Å². The summed E-state index contributed by atoms with van der Waals surface area (Å²) in [4.78, 5) is 46.7. The maximum absolute atomic E-state index is 12.0. The third kappa shape index (κ3) is 2.12. The number of rotatable bonds is 6. The first-order valence-corrected chi connectivity index (χ1v) is 7.96. The number of hydrogen-bond donors (Lipinski definition) is 4. The third-order valence-corrected chi connectivity index (χ3v) is 6.33. The number of carboxylic acids is 4. The number of carbonyl (C=O) groups is 4. The number of fused-ring (bicyclic) bond motifs is 1. The lowest BCUT2D eigenvalue weighted by Gasteiger charge is -2.68. The molecule has 24 heavy (non-hydrogen) atoms. The lowest BCUT2D eigenvalue weighted by molar-refractivity contribution is -0.251. The predicted molar refractivity (Wildman–Crippen MR) is 79.2 cm³/mol. The third-order valence-electron chi connectivity index (χ3n) is 6.33. The molecule has 0 aliphatic heterocycles. The monoisotopic (exact) mass is 342 g/mol. The molecule has 0 amide bonds. The molecule has 134 valence electrons. The van der Waals surface area contributed by atoms with E-state index in [0.717, 1.165) is 0 Å². The second kappa shape index (κ2) is 5.75. The van der Waals surface area contributed by atoms with Gasteiger partial charge in [-0.05, 0) is 30.6 Å². The highest BCUT2D eigenvalue weighted by Crippen LogP contribution is 2.73. The molecule has 2 aliphatic carbocycles. The van der Waals surface area contributed by atoms with Crippen LogP contribution in [0.3, 0.4) is 0 Å². The average Bonchev–Trinajstić information content (AvgIpc) is 2.45. The molecule has 0 aromatic carbocycles. The van der Waals surface area contributed by atoms with Crippen LogP contribution >= 0.6 is 0 Å². The Morgan fingerprint density at radius 1 is 0.958 bits per heavy atom. The number of hydrogen-bond acceptors (Lipinski definition) is 4. The largest absolute Gasteiger partial charge is 0.481 e. The van der Waals surface area contributed by atoms with Crippen molar-refractivity contribution in [2.45, 2.75) is 39.5 Å². The Morgan fingerprint density at radius 2 is 1.50 bits per heavy atom. The van der Waals surface area contributed by atoms with Gasteiger partial charge in [-0.3, -0.25) is 19.2 Å². The highest BCUT2D eigenvalue weighted by Gasteiger charge is 2.77. The Balaban J connectivity index is 2.54. The maximum Gasteiger partial charge on any atom is 0.311 e. The molecule has 6 atom stereocenters. The molecule has 0 aromatic rings. The average molecular weight is 342 g/mol. The van der Waals surface area contributed by atoms with Crippen molar-refractivity contribution in [3.8, 4) is 0 Å². The summed E-state index contributed by atoms with van der Waals surface area (Å²) in [5.41, 5.74) is -2.61. The molecule has 0 bridgehead atoms. The summed E-state index contributed by atoms with van der Waals surface area (Å²) in [6.45, 7) is 3.35. The fourth-order valence-electron chi connectivity index (χ4n) is 5.30. The van der Waals surface area contributed by atoms with E-state index in [-0.39, 0.29) is 19.3 Å². The Hall–Kier alpha value is -2.12. The minimum atomic E-state index is -1.56. The Morgan fingerprint density at radius 3 is 1.88 bits per heavy atom. The molecular formula is C16H22O8. The molecule has 8 heteroatoms. The first-order valence-electron chi connectivity index (χ1n) is 7.96. The van der Waals surface area contributed by atoms with Gasteiger partial charge in [0.25, 0.3) is 0 Å². The van der Waals surface area contributed by atoms with Crippen LogP contribution in [0.2, 0.25) is 0 Å². The molecule has 0 spiro atoms. The van der Waals surface area contributed by atoms with Gasteiger partial charge >= 0.3 is 23.9 Å². The van der Waals surface area contributed by atoms with Crippen LogP contribution in [0.5, 0.6) is 0 Å². The van der Waals surface area contributed by atoms with E-state index >= 15 is 0 Å². The molecule has 0 saturated heterocycles. The molecule has 0 aromatic heterocycles. The van der Waals surface area contributed by atoms with Crippen molar-refractivity contribution < 1.29 is 39.6 Å². The summed E-state index contributed by atoms with van der Waals surface area (Å²) in [6, 6.07) is 0. The zero-order chi connectivity index (χ0) is 18.4. The van der Waals surface area contributed by atoms with Gasteiger partial charge in [-0.25, -0.2) is 0 Å². The fourth-order valence-corrected chi connectivity index (χ4v) is 5.30. The van der Waals surface area contributed by atoms with Crippen molar-refractivity contribution in [1.29, 1.82) is 0 Å². The van der Waals surface area contributed by atoms with Crippen molar-refractivity contribution in [3.63, 3.8) is 0 Å². The quantitative estimate of drug-likeness (QED) is 0.565. The van der Waals surface area contributed by atoms with Gasteiger partial charge in [0.15, 0.2) is 0 Å². The van der Waals surface area contributed by atoms with Gasteiger partial charge < -0.3 is 20.4 Å². The van der Waals surface area contributed by atoms with Crippen molar-refractivity contribution in [1.82, 2.24) is 0 Å². The van der Waals surface area contributed by atoms with Crippen LogP contribution in [-0.4, -0.2) is 44.3 Å². The van der Waals surface area contributed by atoms with Gasteiger partial charge in [-0.15, -0.1) is 0 Å². The van der Waals surface area contributed by atoms with E-state index in [0.29, 0.717) is 6.42 Å². The van der Waals surface area contributed by atoms with E-state index in [1.807, 2.05) is 0 Å². The zero-order valence-electron chi connectivity index (χ0n) is 13.6. The summed E-state index contributed by atoms with van der Waals surface area (Å²) < 4.78 is 0. The van der Waals surface area contributed by atoms with Gasteiger partial charge in [0.05, 0.1) is 23.2 Å². The Bertz CT molecular complexity index is 599. The molecular weight excluding hydrogens is 320 g/mol. The van der Waals surface area contributed by atoms with E-state index in [4.69, 9.17) is 0 Å². The molecule has 2 rings (SSSR count). The normalized spacial score (nSPS) is 40.9. The topological polar surface area (TPSA) is 149 Å². The molecule has 0 radical (unpaired) electrons. The van der Waals surface area contributed by atoms with Gasteiger partial charge in [0, 0.05) is 0 Å². The van der Waals surface area contributed by atoms with E-state index in [1.165, 1.54) is 0 Å². The first kappa shape index (κ1) is 18.2. The summed E-state index contributed by atoms with van der Waals surface area (Å²) >= 11 is 0. The van der Waals surface area contributed by atoms with E-state index < -0.39 is 58.4 Å². The molecule has 4 N–H and O–H groups in total. The standard InChI is InChI=1S/C16H22O8/c1-3-4-16(14(23)24)10(13(21)22)9-5-7(11(17)18)8(12(19)20)6-15(9,16)2/h7-10H,3-6H2,1-2H3,(H,17,18)(H,19,20)(H,21,22)(H,23,24). The van der Waals surface area contributed by atoms with Crippen LogP contribution in [-0.2, 0) is 19.2 Å². The van der Waals surface area contributed by atoms with Crippen LogP contribution in [0, 0.1) is 34.5 Å². The van der Waals surface area contributed by atoms with E-state index in [1.54, 1.807) is 13.8 Å². The molecule has 6 unspecified atom stereocenters. The van der Waals surface area contributed by atoms with Crippen LogP contribution < -0.4 is 0 Å². The lowest BCUT2D eigenvalue weighted by Crippen LogP contribution is -2.72. The molecule has 8 nitrogen and oxygen atoms in total. The van der Waals surface area contributed by atoms with Crippen molar-refractivity contribution in [3.05, 3.63) is 0 Å². The summed E-state index contributed by atoms with van der Waals surface area (Å²) in [5, 5.41) is 38.1. The Labute approximate surface area is 138 Å². The fraction of sp³-hybridized carbons (Fsp3) is 0.750. The SMILES string of the molecule is CCCC1(C(=O)O)C(C(=O)O)C2CC(C(=O)O)C(C(=O)O)CC21C. The minimum Gasteiger partial charge on any atom is -0.481 e. The van der Waals surface area contributed by atoms with E-state index in [2.05, 4.69) is 0 Å². The van der Waals surface area contributed by atoms with Gasteiger partial charge in [0.2, 0.25) is 0 Å². The lowest BCUT2D eigenvalue weighted by atomic mass is 9.32. The summed E-state index contributed by atoms with van der Waals surface area (Å²) in [7, 11) is 0. The maximum atomic E-state index is 12.0. The van der Waals surface area contributed by atoms with Gasteiger partial charge in [0.1, 0.15) is 0 Å². The highest BCUT2D eigenvalue weighted by atomic mass is 16.4. The van der Waals surface area contributed by atoms with Crippen LogP contribution in [0.15, 0.2) is 0 Å². The molecule has 2 fully saturated rings. The number of aliphatic carboxylic acids is 4. The molecule has 0 heterocycles. The molecule has 2 saturated carbocycles. The zero-order valence-corrected chi connectivity index (χ0v) is 13.6. The van der Waals surface area contributed by atoms with Crippen LogP contribution in [0.1, 0.15) is 39.5 Å². The van der Waals surface area contributed by atoms with Crippen LogP contribution in [0.4, 0.5) is 0 Å².